The standard InChI is InChI=1S/C17H25FN/c1-12(2)15-8-14(9-16(18)10-15)11-19-17-6-4-13(3)5-7-17/h8-10,13,17,19H,4-7,11H2,1-3H3. The summed E-state index contributed by atoms with van der Waals surface area (Å²) in [4.78, 5) is 0. The minimum absolute atomic E-state index is 0.132. The van der Waals surface area contributed by atoms with Crippen molar-refractivity contribution in [1.29, 1.82) is 0 Å². The van der Waals surface area contributed by atoms with Gasteiger partial charge in [0.15, 0.2) is 0 Å². The fourth-order valence-corrected chi connectivity index (χ4v) is 2.77. The molecule has 2 rings (SSSR count). The Bertz CT molecular complexity index is 406. The van der Waals surface area contributed by atoms with E-state index >= 15 is 0 Å². The van der Waals surface area contributed by atoms with Gasteiger partial charge in [-0.15, -0.1) is 0 Å². The van der Waals surface area contributed by atoms with Crippen molar-refractivity contribution >= 4 is 0 Å². The van der Waals surface area contributed by atoms with Gasteiger partial charge in [-0.3, -0.25) is 0 Å². The number of rotatable bonds is 4. The van der Waals surface area contributed by atoms with Crippen molar-refractivity contribution in [2.75, 3.05) is 0 Å². The van der Waals surface area contributed by atoms with E-state index in [1.807, 2.05) is 13.8 Å². The Morgan fingerprint density at radius 2 is 1.84 bits per heavy atom. The smallest absolute Gasteiger partial charge is 0.123 e. The summed E-state index contributed by atoms with van der Waals surface area (Å²) in [6.45, 7) is 7.15. The second-order valence-electron chi connectivity index (χ2n) is 6.19. The van der Waals surface area contributed by atoms with Gasteiger partial charge >= 0.3 is 0 Å². The number of halogens is 1. The van der Waals surface area contributed by atoms with Gasteiger partial charge in [-0.05, 0) is 60.8 Å². The molecular weight excluding hydrogens is 237 g/mol. The van der Waals surface area contributed by atoms with Crippen LogP contribution in [0.4, 0.5) is 4.39 Å². The summed E-state index contributed by atoms with van der Waals surface area (Å²) in [5, 5.41) is 3.58. The van der Waals surface area contributed by atoms with Crippen LogP contribution in [0.2, 0.25) is 0 Å². The molecule has 1 saturated carbocycles. The van der Waals surface area contributed by atoms with Gasteiger partial charge in [-0.2, -0.15) is 0 Å². The van der Waals surface area contributed by atoms with Gasteiger partial charge in [0.1, 0.15) is 5.82 Å². The van der Waals surface area contributed by atoms with E-state index in [1.165, 1.54) is 25.7 Å². The second kappa shape index (κ2) is 6.51. The first kappa shape index (κ1) is 14.5. The Balaban J connectivity index is 1.92. The van der Waals surface area contributed by atoms with Gasteiger partial charge in [0.25, 0.3) is 0 Å². The van der Waals surface area contributed by atoms with Gasteiger partial charge in [0.2, 0.25) is 0 Å². The second-order valence-corrected chi connectivity index (χ2v) is 6.19. The van der Waals surface area contributed by atoms with Crippen LogP contribution in [0.1, 0.15) is 57.6 Å². The fourth-order valence-electron chi connectivity index (χ4n) is 2.77. The molecule has 0 aromatic heterocycles. The van der Waals surface area contributed by atoms with Crippen LogP contribution >= 0.6 is 0 Å². The zero-order valence-electron chi connectivity index (χ0n) is 12.3. The van der Waals surface area contributed by atoms with Crippen LogP contribution in [0.15, 0.2) is 18.2 Å². The lowest BCUT2D eigenvalue weighted by Crippen LogP contribution is -2.32. The lowest BCUT2D eigenvalue weighted by molar-refractivity contribution is 0.306. The molecule has 19 heavy (non-hydrogen) atoms. The lowest BCUT2D eigenvalue weighted by atomic mass is 9.87. The zero-order valence-corrected chi connectivity index (χ0v) is 12.3. The molecular formula is C17H25FN. The summed E-state index contributed by atoms with van der Waals surface area (Å²) in [5.41, 5.74) is 2.06. The maximum Gasteiger partial charge on any atom is 0.123 e. The molecule has 0 spiro atoms. The van der Waals surface area contributed by atoms with E-state index in [9.17, 15) is 4.39 Å². The van der Waals surface area contributed by atoms with E-state index in [-0.39, 0.29) is 5.82 Å². The zero-order chi connectivity index (χ0) is 13.8. The molecule has 105 valence electrons. The first-order chi connectivity index (χ1) is 9.04. The van der Waals surface area contributed by atoms with Crippen LogP contribution in [0.3, 0.4) is 0 Å². The Hall–Kier alpha value is -0.890. The van der Waals surface area contributed by atoms with E-state index in [0.717, 1.165) is 29.5 Å². The molecule has 0 bridgehead atoms. The highest BCUT2D eigenvalue weighted by molar-refractivity contribution is 5.33. The predicted octanol–water partition coefficient (Wildman–Crippen LogP) is 4.46. The molecule has 0 amide bonds. The third-order valence-corrected chi connectivity index (χ3v) is 4.15. The van der Waals surface area contributed by atoms with Crippen LogP contribution in [-0.2, 0) is 6.54 Å². The third kappa shape index (κ3) is 4.31. The molecule has 0 heterocycles. The maximum absolute atomic E-state index is 13.6. The molecule has 1 radical (unpaired) electrons. The van der Waals surface area contributed by atoms with Gasteiger partial charge in [0, 0.05) is 12.6 Å². The highest BCUT2D eigenvalue weighted by Crippen LogP contribution is 2.24. The van der Waals surface area contributed by atoms with Crippen molar-refractivity contribution in [3.05, 3.63) is 41.1 Å². The van der Waals surface area contributed by atoms with Gasteiger partial charge in [-0.1, -0.05) is 26.8 Å². The SMILES string of the molecule is C[C](C)c1cc(F)cc(CNC2CCC(C)CC2)c1. The fraction of sp³-hybridized carbons (Fsp3) is 0.588. The van der Waals surface area contributed by atoms with E-state index in [2.05, 4.69) is 18.3 Å². The van der Waals surface area contributed by atoms with E-state index in [1.54, 1.807) is 12.1 Å². The van der Waals surface area contributed by atoms with E-state index < -0.39 is 0 Å². The van der Waals surface area contributed by atoms with Crippen molar-refractivity contribution in [3.63, 3.8) is 0 Å². The average molecular weight is 262 g/mol. The summed E-state index contributed by atoms with van der Waals surface area (Å²) < 4.78 is 13.6. The third-order valence-electron chi connectivity index (χ3n) is 4.15. The molecule has 1 aromatic carbocycles. The molecule has 0 unspecified atom stereocenters. The molecule has 1 nitrogen and oxygen atoms in total. The summed E-state index contributed by atoms with van der Waals surface area (Å²) >= 11 is 0. The van der Waals surface area contributed by atoms with E-state index in [4.69, 9.17) is 0 Å². The summed E-state index contributed by atoms with van der Waals surface area (Å²) in [7, 11) is 0. The van der Waals surface area contributed by atoms with Gasteiger partial charge in [-0.25, -0.2) is 4.39 Å². The number of benzene rings is 1. The van der Waals surface area contributed by atoms with Crippen molar-refractivity contribution in [3.8, 4) is 0 Å². The average Bonchev–Trinajstić information content (AvgIpc) is 2.37. The molecule has 0 saturated heterocycles. The Labute approximate surface area is 116 Å². The van der Waals surface area contributed by atoms with Crippen molar-refractivity contribution in [1.82, 2.24) is 5.32 Å². The van der Waals surface area contributed by atoms with Gasteiger partial charge in [0.05, 0.1) is 0 Å². The first-order valence-electron chi connectivity index (χ1n) is 7.38. The van der Waals surface area contributed by atoms with Crippen LogP contribution in [0.5, 0.6) is 0 Å². The lowest BCUT2D eigenvalue weighted by Gasteiger charge is -2.27. The molecule has 1 aliphatic carbocycles. The predicted molar refractivity (Wildman–Crippen MR) is 78.4 cm³/mol. The number of hydrogen-bond donors (Lipinski definition) is 1. The molecule has 0 aliphatic heterocycles. The number of hydrogen-bond acceptors (Lipinski definition) is 1. The molecule has 1 aromatic rings. The Morgan fingerprint density at radius 3 is 2.47 bits per heavy atom. The Kier molecular flexibility index (Phi) is 4.98. The minimum atomic E-state index is -0.132. The first-order valence-corrected chi connectivity index (χ1v) is 7.38. The van der Waals surface area contributed by atoms with Crippen LogP contribution < -0.4 is 5.32 Å². The summed E-state index contributed by atoms with van der Waals surface area (Å²) in [6, 6.07) is 5.96. The minimum Gasteiger partial charge on any atom is -0.310 e. The molecule has 1 aliphatic rings. The molecule has 1 fully saturated rings. The quantitative estimate of drug-likeness (QED) is 0.845. The van der Waals surface area contributed by atoms with E-state index in [0.29, 0.717) is 6.04 Å². The monoisotopic (exact) mass is 262 g/mol. The van der Waals surface area contributed by atoms with Gasteiger partial charge < -0.3 is 5.32 Å². The summed E-state index contributed by atoms with van der Waals surface area (Å²) in [5.74, 6) is 1.90. The molecule has 1 N–H and O–H groups in total. The van der Waals surface area contributed by atoms with Crippen LogP contribution in [-0.4, -0.2) is 6.04 Å². The topological polar surface area (TPSA) is 12.0 Å². The van der Waals surface area contributed by atoms with Crippen molar-refractivity contribution < 1.29 is 4.39 Å². The highest BCUT2D eigenvalue weighted by Gasteiger charge is 2.17. The van der Waals surface area contributed by atoms with Crippen LogP contribution in [0, 0.1) is 17.7 Å². The molecule has 0 atom stereocenters. The highest BCUT2D eigenvalue weighted by atomic mass is 19.1. The largest absolute Gasteiger partial charge is 0.310 e. The van der Waals surface area contributed by atoms with Crippen molar-refractivity contribution in [2.24, 2.45) is 5.92 Å². The maximum atomic E-state index is 13.6. The summed E-state index contributed by atoms with van der Waals surface area (Å²) in [6.07, 6.45) is 5.13. The normalized spacial score (nSPS) is 23.8. The number of nitrogens with one attached hydrogen (secondary N) is 1. The van der Waals surface area contributed by atoms with Crippen LogP contribution in [0.25, 0.3) is 0 Å². The molecule has 2 heteroatoms. The Morgan fingerprint density at radius 1 is 1.16 bits per heavy atom. The van der Waals surface area contributed by atoms with Crippen molar-refractivity contribution in [2.45, 2.75) is 59.0 Å².